The van der Waals surface area contributed by atoms with Gasteiger partial charge in [0.05, 0.1) is 0 Å². The normalized spacial score (nSPS) is 26.9. The van der Waals surface area contributed by atoms with Gasteiger partial charge in [-0.2, -0.15) is 0 Å². The smallest absolute Gasteiger partial charge is 0.0160 e. The highest BCUT2D eigenvalue weighted by Crippen LogP contribution is 2.26. The summed E-state index contributed by atoms with van der Waals surface area (Å²) in [6, 6.07) is 0. The fourth-order valence-electron chi connectivity index (χ4n) is 2.53. The van der Waals surface area contributed by atoms with Crippen LogP contribution in [0.3, 0.4) is 0 Å². The highest BCUT2D eigenvalue weighted by Gasteiger charge is 2.28. The fourth-order valence-corrected chi connectivity index (χ4v) is 2.53. The van der Waals surface area contributed by atoms with Crippen molar-refractivity contribution in [1.29, 1.82) is 0 Å². The monoisotopic (exact) mass is 210 g/mol. The number of hydrogen-bond donors (Lipinski definition) is 1. The van der Waals surface area contributed by atoms with E-state index in [2.05, 4.69) is 30.6 Å². The highest BCUT2D eigenvalue weighted by atomic mass is 15.1. The summed E-state index contributed by atoms with van der Waals surface area (Å²) in [5, 5.41) is 3.51. The second kappa shape index (κ2) is 6.29. The molecule has 0 aromatic carbocycles. The molecule has 0 radical (unpaired) electrons. The molecular weight excluding hydrogens is 184 g/mol. The van der Waals surface area contributed by atoms with Crippen molar-refractivity contribution in [1.82, 2.24) is 10.2 Å². The number of nitrogens with one attached hydrogen (secondary N) is 1. The zero-order valence-corrected chi connectivity index (χ0v) is 10.4. The van der Waals surface area contributed by atoms with E-state index in [4.69, 9.17) is 0 Å². The van der Waals surface area contributed by atoms with Crippen molar-refractivity contribution in [3.8, 4) is 0 Å². The molecule has 2 nitrogen and oxygen atoms in total. The molecule has 1 unspecified atom stereocenters. The topological polar surface area (TPSA) is 15.3 Å². The van der Waals surface area contributed by atoms with E-state index in [1.54, 1.807) is 0 Å². The Morgan fingerprint density at radius 2 is 2.33 bits per heavy atom. The van der Waals surface area contributed by atoms with Gasteiger partial charge in [-0.1, -0.05) is 19.9 Å². The van der Waals surface area contributed by atoms with Gasteiger partial charge in [-0.15, -0.1) is 6.58 Å². The van der Waals surface area contributed by atoms with Crippen LogP contribution in [0.25, 0.3) is 0 Å². The Hall–Kier alpha value is -0.340. The van der Waals surface area contributed by atoms with Gasteiger partial charge in [-0.3, -0.25) is 4.90 Å². The predicted molar refractivity (Wildman–Crippen MR) is 67.1 cm³/mol. The van der Waals surface area contributed by atoms with E-state index in [0.29, 0.717) is 5.41 Å². The summed E-state index contributed by atoms with van der Waals surface area (Å²) in [7, 11) is 0. The largest absolute Gasteiger partial charge is 0.316 e. The van der Waals surface area contributed by atoms with Crippen molar-refractivity contribution in [2.75, 3.05) is 32.7 Å². The fraction of sp³-hybridized carbons (Fsp3) is 0.846. The van der Waals surface area contributed by atoms with Crippen molar-refractivity contribution in [3.05, 3.63) is 12.7 Å². The molecule has 0 aromatic heterocycles. The van der Waals surface area contributed by atoms with Crippen LogP contribution in [0.2, 0.25) is 0 Å². The Kier molecular flexibility index (Phi) is 5.34. The van der Waals surface area contributed by atoms with E-state index in [9.17, 15) is 0 Å². The van der Waals surface area contributed by atoms with Gasteiger partial charge in [-0.05, 0) is 37.8 Å². The van der Waals surface area contributed by atoms with Crippen LogP contribution in [-0.2, 0) is 0 Å². The SMILES string of the molecule is C=CCN(CCC)CC1(C)CCCNC1. The first kappa shape index (κ1) is 12.7. The summed E-state index contributed by atoms with van der Waals surface area (Å²) in [6.45, 7) is 14.3. The average molecular weight is 210 g/mol. The van der Waals surface area contributed by atoms with Crippen LogP contribution in [-0.4, -0.2) is 37.6 Å². The molecule has 0 amide bonds. The van der Waals surface area contributed by atoms with E-state index in [1.807, 2.05) is 6.08 Å². The molecule has 1 fully saturated rings. The molecule has 2 heteroatoms. The summed E-state index contributed by atoms with van der Waals surface area (Å²) < 4.78 is 0. The third-order valence-corrected chi connectivity index (χ3v) is 3.22. The van der Waals surface area contributed by atoms with Crippen molar-refractivity contribution >= 4 is 0 Å². The molecule has 1 atom stereocenters. The summed E-state index contributed by atoms with van der Waals surface area (Å²) in [4.78, 5) is 2.53. The Labute approximate surface area is 94.7 Å². The van der Waals surface area contributed by atoms with Crippen LogP contribution in [0.5, 0.6) is 0 Å². The first-order chi connectivity index (χ1) is 7.20. The minimum Gasteiger partial charge on any atom is -0.316 e. The minimum atomic E-state index is 0.469. The third kappa shape index (κ3) is 4.35. The molecule has 0 bridgehead atoms. The molecule has 1 N–H and O–H groups in total. The van der Waals surface area contributed by atoms with Gasteiger partial charge in [-0.25, -0.2) is 0 Å². The van der Waals surface area contributed by atoms with Crippen LogP contribution in [0.4, 0.5) is 0 Å². The molecular formula is C13H26N2. The van der Waals surface area contributed by atoms with E-state index >= 15 is 0 Å². The van der Waals surface area contributed by atoms with Crippen molar-refractivity contribution in [2.24, 2.45) is 5.41 Å². The lowest BCUT2D eigenvalue weighted by atomic mass is 9.82. The lowest BCUT2D eigenvalue weighted by molar-refractivity contribution is 0.142. The van der Waals surface area contributed by atoms with E-state index < -0.39 is 0 Å². The van der Waals surface area contributed by atoms with Crippen LogP contribution in [0, 0.1) is 5.41 Å². The molecule has 1 heterocycles. The Bertz CT molecular complexity index is 183. The lowest BCUT2D eigenvalue weighted by Crippen LogP contribution is -2.46. The summed E-state index contributed by atoms with van der Waals surface area (Å²) in [6.07, 6.45) is 5.94. The quantitative estimate of drug-likeness (QED) is 0.677. The predicted octanol–water partition coefficient (Wildman–Crippen LogP) is 2.27. The van der Waals surface area contributed by atoms with Gasteiger partial charge in [0, 0.05) is 19.6 Å². The van der Waals surface area contributed by atoms with Gasteiger partial charge < -0.3 is 5.32 Å². The number of nitrogens with zero attached hydrogens (tertiary/aromatic N) is 1. The molecule has 1 saturated heterocycles. The molecule has 0 aliphatic carbocycles. The molecule has 1 rings (SSSR count). The van der Waals surface area contributed by atoms with Crippen LogP contribution >= 0.6 is 0 Å². The van der Waals surface area contributed by atoms with Crippen LogP contribution < -0.4 is 5.32 Å². The number of hydrogen-bond acceptors (Lipinski definition) is 2. The average Bonchev–Trinajstić information content (AvgIpc) is 2.19. The molecule has 15 heavy (non-hydrogen) atoms. The zero-order chi connectivity index (χ0) is 11.1. The standard InChI is InChI=1S/C13H26N2/c1-4-9-15(10-5-2)12-13(3)7-6-8-14-11-13/h4,14H,1,5-12H2,2-3H3. The van der Waals surface area contributed by atoms with Crippen molar-refractivity contribution in [3.63, 3.8) is 0 Å². The second-order valence-electron chi connectivity index (χ2n) is 5.11. The molecule has 0 saturated carbocycles. The molecule has 1 aliphatic rings. The van der Waals surface area contributed by atoms with Gasteiger partial charge in [0.1, 0.15) is 0 Å². The molecule has 0 aromatic rings. The maximum Gasteiger partial charge on any atom is 0.0160 e. The zero-order valence-electron chi connectivity index (χ0n) is 10.4. The Balaban J connectivity index is 2.43. The lowest BCUT2D eigenvalue weighted by Gasteiger charge is -2.38. The third-order valence-electron chi connectivity index (χ3n) is 3.22. The molecule has 0 spiro atoms. The van der Waals surface area contributed by atoms with E-state index in [-0.39, 0.29) is 0 Å². The number of piperidine rings is 1. The Morgan fingerprint density at radius 1 is 1.53 bits per heavy atom. The van der Waals surface area contributed by atoms with E-state index in [1.165, 1.54) is 45.4 Å². The maximum absolute atomic E-state index is 3.84. The van der Waals surface area contributed by atoms with Crippen molar-refractivity contribution < 1.29 is 0 Å². The summed E-state index contributed by atoms with van der Waals surface area (Å²) >= 11 is 0. The summed E-state index contributed by atoms with van der Waals surface area (Å²) in [5.74, 6) is 0. The van der Waals surface area contributed by atoms with Gasteiger partial charge >= 0.3 is 0 Å². The van der Waals surface area contributed by atoms with Gasteiger partial charge in [0.15, 0.2) is 0 Å². The first-order valence-electron chi connectivity index (χ1n) is 6.24. The van der Waals surface area contributed by atoms with Crippen LogP contribution in [0.1, 0.15) is 33.1 Å². The highest BCUT2D eigenvalue weighted by molar-refractivity contribution is 4.86. The van der Waals surface area contributed by atoms with Gasteiger partial charge in [0.2, 0.25) is 0 Å². The molecule has 88 valence electrons. The first-order valence-corrected chi connectivity index (χ1v) is 6.24. The summed E-state index contributed by atoms with van der Waals surface area (Å²) in [5.41, 5.74) is 0.469. The van der Waals surface area contributed by atoms with Gasteiger partial charge in [0.25, 0.3) is 0 Å². The minimum absolute atomic E-state index is 0.469. The molecule has 1 aliphatic heterocycles. The van der Waals surface area contributed by atoms with Crippen LogP contribution in [0.15, 0.2) is 12.7 Å². The second-order valence-corrected chi connectivity index (χ2v) is 5.11. The van der Waals surface area contributed by atoms with Crippen molar-refractivity contribution in [2.45, 2.75) is 33.1 Å². The number of rotatable bonds is 6. The van der Waals surface area contributed by atoms with E-state index in [0.717, 1.165) is 6.54 Å². The Morgan fingerprint density at radius 3 is 2.87 bits per heavy atom. The maximum atomic E-state index is 3.84.